The molecule has 7 nitrogen and oxygen atoms in total. The van der Waals surface area contributed by atoms with Crippen LogP contribution in [-0.4, -0.2) is 46.7 Å². The third-order valence-electron chi connectivity index (χ3n) is 5.01. The van der Waals surface area contributed by atoms with Crippen LogP contribution in [0, 0.1) is 0 Å². The molecule has 1 saturated heterocycles. The van der Waals surface area contributed by atoms with Gasteiger partial charge in [-0.3, -0.25) is 9.20 Å². The van der Waals surface area contributed by atoms with Crippen molar-refractivity contribution in [2.24, 2.45) is 0 Å². The van der Waals surface area contributed by atoms with Gasteiger partial charge in [-0.15, -0.1) is 10.2 Å². The first kappa shape index (κ1) is 18.6. The molecule has 1 N–H and O–H groups in total. The van der Waals surface area contributed by atoms with E-state index >= 15 is 0 Å². The van der Waals surface area contributed by atoms with Crippen LogP contribution in [0.1, 0.15) is 18.4 Å². The molecule has 28 heavy (non-hydrogen) atoms. The van der Waals surface area contributed by atoms with Crippen molar-refractivity contribution in [2.75, 3.05) is 25.1 Å². The summed E-state index contributed by atoms with van der Waals surface area (Å²) in [5, 5.41) is 12.3. The first-order valence-corrected chi connectivity index (χ1v) is 9.68. The molecule has 0 unspecified atom stereocenters. The summed E-state index contributed by atoms with van der Waals surface area (Å²) in [7, 11) is 1.63. The van der Waals surface area contributed by atoms with Gasteiger partial charge in [0.1, 0.15) is 5.75 Å². The van der Waals surface area contributed by atoms with Crippen molar-refractivity contribution in [3.05, 3.63) is 53.2 Å². The molecule has 8 heteroatoms. The Morgan fingerprint density at radius 1 is 1.18 bits per heavy atom. The smallest absolute Gasteiger partial charge is 0.231 e. The molecule has 3 heterocycles. The number of piperidine rings is 1. The number of hydrogen-bond acceptors (Lipinski definition) is 5. The van der Waals surface area contributed by atoms with Crippen LogP contribution < -0.4 is 15.0 Å². The molecule has 0 spiro atoms. The lowest BCUT2D eigenvalue weighted by Crippen LogP contribution is -2.45. The zero-order chi connectivity index (χ0) is 19.5. The molecule has 1 aliphatic rings. The van der Waals surface area contributed by atoms with Gasteiger partial charge in [0.15, 0.2) is 5.65 Å². The number of methoxy groups -OCH3 is 1. The number of ether oxygens (including phenoxy) is 1. The van der Waals surface area contributed by atoms with Crippen LogP contribution in [-0.2, 0) is 11.2 Å². The van der Waals surface area contributed by atoms with Crippen molar-refractivity contribution in [3.8, 4) is 5.75 Å². The van der Waals surface area contributed by atoms with Crippen LogP contribution in [0.3, 0.4) is 0 Å². The van der Waals surface area contributed by atoms with E-state index in [4.69, 9.17) is 16.3 Å². The van der Waals surface area contributed by atoms with Gasteiger partial charge in [-0.2, -0.15) is 0 Å². The number of anilines is 1. The van der Waals surface area contributed by atoms with Gasteiger partial charge < -0.3 is 15.0 Å². The third-order valence-corrected chi connectivity index (χ3v) is 5.24. The second-order valence-corrected chi connectivity index (χ2v) is 7.37. The Morgan fingerprint density at radius 2 is 1.93 bits per heavy atom. The number of nitrogens with zero attached hydrogens (tertiary/aromatic N) is 4. The van der Waals surface area contributed by atoms with Crippen LogP contribution in [0.5, 0.6) is 5.75 Å². The second kappa shape index (κ2) is 8.06. The Kier molecular flexibility index (Phi) is 5.34. The number of rotatable bonds is 5. The van der Waals surface area contributed by atoms with E-state index in [9.17, 15) is 4.79 Å². The number of hydrogen-bond donors (Lipinski definition) is 1. The number of halogens is 1. The predicted octanol–water partition coefficient (Wildman–Crippen LogP) is 2.72. The Morgan fingerprint density at radius 3 is 2.64 bits per heavy atom. The van der Waals surface area contributed by atoms with Crippen molar-refractivity contribution in [3.63, 3.8) is 0 Å². The summed E-state index contributed by atoms with van der Waals surface area (Å²) in [6.45, 7) is 1.61. The van der Waals surface area contributed by atoms with Gasteiger partial charge in [-0.05, 0) is 42.7 Å². The average molecular weight is 400 g/mol. The molecule has 146 valence electrons. The van der Waals surface area contributed by atoms with E-state index in [0.29, 0.717) is 11.4 Å². The molecule has 2 aromatic heterocycles. The summed E-state index contributed by atoms with van der Waals surface area (Å²) in [4.78, 5) is 14.5. The van der Waals surface area contributed by atoms with Crippen LogP contribution in [0.25, 0.3) is 5.65 Å². The zero-order valence-corrected chi connectivity index (χ0v) is 16.4. The van der Waals surface area contributed by atoms with E-state index in [1.165, 1.54) is 0 Å². The van der Waals surface area contributed by atoms with E-state index in [1.54, 1.807) is 13.2 Å². The molecule has 0 aliphatic carbocycles. The number of benzene rings is 1. The van der Waals surface area contributed by atoms with Gasteiger partial charge in [0, 0.05) is 25.3 Å². The van der Waals surface area contributed by atoms with E-state index in [0.717, 1.165) is 48.8 Å². The standard InChI is InChI=1S/C20H22ClN5O2/c1-28-17-5-2-14(3-6-17)12-19(27)22-16-8-10-25(11-9-16)20-24-23-18-7-4-15(21)13-26(18)20/h2-7,13,16H,8-12H2,1H3,(H,22,27). The average Bonchev–Trinajstić information content (AvgIpc) is 3.12. The van der Waals surface area contributed by atoms with Crippen LogP contribution in [0.4, 0.5) is 5.95 Å². The summed E-state index contributed by atoms with van der Waals surface area (Å²) in [5.74, 6) is 1.63. The lowest BCUT2D eigenvalue weighted by molar-refractivity contribution is -0.121. The lowest BCUT2D eigenvalue weighted by Gasteiger charge is -2.32. The van der Waals surface area contributed by atoms with Crippen molar-refractivity contribution in [1.82, 2.24) is 19.9 Å². The fourth-order valence-electron chi connectivity index (χ4n) is 3.50. The van der Waals surface area contributed by atoms with Crippen molar-refractivity contribution in [2.45, 2.75) is 25.3 Å². The molecule has 1 amide bonds. The SMILES string of the molecule is COc1ccc(CC(=O)NC2CCN(c3nnc4ccc(Cl)cn34)CC2)cc1. The van der Waals surface area contributed by atoms with Gasteiger partial charge in [0.05, 0.1) is 18.6 Å². The van der Waals surface area contributed by atoms with E-state index in [-0.39, 0.29) is 11.9 Å². The Balaban J connectivity index is 1.32. The molecular weight excluding hydrogens is 378 g/mol. The van der Waals surface area contributed by atoms with Gasteiger partial charge in [0.2, 0.25) is 11.9 Å². The number of fused-ring (bicyclic) bond motifs is 1. The van der Waals surface area contributed by atoms with Gasteiger partial charge >= 0.3 is 0 Å². The highest BCUT2D eigenvalue weighted by Crippen LogP contribution is 2.21. The molecule has 0 bridgehead atoms. The van der Waals surface area contributed by atoms with Gasteiger partial charge in [-0.1, -0.05) is 23.7 Å². The number of pyridine rings is 1. The minimum Gasteiger partial charge on any atom is -0.497 e. The number of nitrogens with one attached hydrogen (secondary N) is 1. The summed E-state index contributed by atoms with van der Waals surface area (Å²) < 4.78 is 7.05. The molecule has 0 saturated carbocycles. The quantitative estimate of drug-likeness (QED) is 0.714. The van der Waals surface area contributed by atoms with Gasteiger partial charge in [0.25, 0.3) is 0 Å². The van der Waals surface area contributed by atoms with Crippen molar-refractivity contribution < 1.29 is 9.53 Å². The lowest BCUT2D eigenvalue weighted by atomic mass is 10.0. The molecular formula is C20H22ClN5O2. The predicted molar refractivity (Wildman–Crippen MR) is 108 cm³/mol. The second-order valence-electron chi connectivity index (χ2n) is 6.93. The van der Waals surface area contributed by atoms with E-state index in [2.05, 4.69) is 20.4 Å². The van der Waals surface area contributed by atoms with E-state index < -0.39 is 0 Å². The number of aromatic nitrogens is 3. The highest BCUT2D eigenvalue weighted by molar-refractivity contribution is 6.30. The molecule has 4 rings (SSSR count). The summed E-state index contributed by atoms with van der Waals surface area (Å²) in [5.41, 5.74) is 1.75. The minimum absolute atomic E-state index is 0.0447. The number of carbonyl (C=O) groups is 1. The molecule has 1 aliphatic heterocycles. The highest BCUT2D eigenvalue weighted by Gasteiger charge is 2.23. The molecule has 1 fully saturated rings. The number of carbonyl (C=O) groups excluding carboxylic acids is 1. The first-order valence-electron chi connectivity index (χ1n) is 9.30. The Bertz CT molecular complexity index is 964. The van der Waals surface area contributed by atoms with E-state index in [1.807, 2.05) is 40.9 Å². The van der Waals surface area contributed by atoms with Crippen LogP contribution in [0.15, 0.2) is 42.6 Å². The monoisotopic (exact) mass is 399 g/mol. The van der Waals surface area contributed by atoms with Crippen LogP contribution >= 0.6 is 11.6 Å². The summed E-state index contributed by atoms with van der Waals surface area (Å²) in [6.07, 6.45) is 3.93. The molecule has 0 atom stereocenters. The third kappa shape index (κ3) is 4.04. The maximum Gasteiger partial charge on any atom is 0.231 e. The van der Waals surface area contributed by atoms with Crippen molar-refractivity contribution in [1.29, 1.82) is 0 Å². The Hall–Kier alpha value is -2.80. The highest BCUT2D eigenvalue weighted by atomic mass is 35.5. The maximum atomic E-state index is 12.4. The fraction of sp³-hybridized carbons (Fsp3) is 0.350. The molecule has 0 radical (unpaired) electrons. The number of amides is 1. The largest absolute Gasteiger partial charge is 0.497 e. The van der Waals surface area contributed by atoms with Crippen LogP contribution in [0.2, 0.25) is 5.02 Å². The summed E-state index contributed by atoms with van der Waals surface area (Å²) >= 11 is 6.10. The molecule has 3 aromatic rings. The normalized spacial score (nSPS) is 15.0. The minimum atomic E-state index is 0.0447. The summed E-state index contributed by atoms with van der Waals surface area (Å²) in [6, 6.07) is 11.4. The topological polar surface area (TPSA) is 71.8 Å². The maximum absolute atomic E-state index is 12.4. The fourth-order valence-corrected chi connectivity index (χ4v) is 3.66. The molecule has 1 aromatic carbocycles. The first-order chi connectivity index (χ1) is 13.6. The van der Waals surface area contributed by atoms with Gasteiger partial charge in [-0.25, -0.2) is 0 Å². The zero-order valence-electron chi connectivity index (χ0n) is 15.6. The van der Waals surface area contributed by atoms with Crippen molar-refractivity contribution >= 4 is 29.1 Å². The Labute approximate surface area is 168 Å².